The van der Waals surface area contributed by atoms with Crippen molar-refractivity contribution in [2.24, 2.45) is 11.7 Å². The lowest BCUT2D eigenvalue weighted by Gasteiger charge is -2.26. The average molecular weight is 394 g/mol. The maximum absolute atomic E-state index is 11.3. The molecule has 0 aromatic carbocycles. The minimum atomic E-state index is -0.654. The number of hydrogen-bond acceptors (Lipinski definition) is 7. The Balaban J connectivity index is 2.12. The summed E-state index contributed by atoms with van der Waals surface area (Å²) >= 11 is 6.29. The van der Waals surface area contributed by atoms with Crippen LogP contribution in [-0.2, 0) is 0 Å². The molecule has 0 unspecified atom stereocenters. The third-order valence-electron chi connectivity index (χ3n) is 3.54. The summed E-state index contributed by atoms with van der Waals surface area (Å²) in [6, 6.07) is 3.26. The molecular formula is C18H24ClN5O3. The van der Waals surface area contributed by atoms with Crippen LogP contribution in [-0.4, -0.2) is 40.2 Å². The second kappa shape index (κ2) is 8.96. The monoisotopic (exact) mass is 393 g/mol. The van der Waals surface area contributed by atoms with Crippen LogP contribution in [0.1, 0.15) is 27.2 Å². The number of pyridine rings is 1. The van der Waals surface area contributed by atoms with Crippen LogP contribution in [0, 0.1) is 5.92 Å². The third-order valence-corrected chi connectivity index (χ3v) is 3.81. The number of nitrogens with two attached hydrogens (primary N) is 1. The van der Waals surface area contributed by atoms with E-state index in [9.17, 15) is 4.79 Å². The number of halogens is 1. The van der Waals surface area contributed by atoms with Crippen LogP contribution in [0.25, 0.3) is 11.3 Å². The molecule has 3 N–H and O–H groups in total. The summed E-state index contributed by atoms with van der Waals surface area (Å²) in [5.74, 6) is 0.759. The van der Waals surface area contributed by atoms with Gasteiger partial charge in [-0.3, -0.25) is 0 Å². The van der Waals surface area contributed by atoms with Gasteiger partial charge in [-0.05, 0) is 31.4 Å². The molecule has 146 valence electrons. The first-order valence-corrected chi connectivity index (χ1v) is 8.88. The Bertz CT molecular complexity index is 798. The van der Waals surface area contributed by atoms with E-state index in [1.165, 1.54) is 13.2 Å². The first kappa shape index (κ1) is 20.9. The Morgan fingerprint density at radius 2 is 2.15 bits per heavy atom. The van der Waals surface area contributed by atoms with Gasteiger partial charge in [0.1, 0.15) is 11.6 Å². The van der Waals surface area contributed by atoms with Gasteiger partial charge >= 0.3 is 12.1 Å². The molecule has 0 bridgehead atoms. The molecular weight excluding hydrogens is 370 g/mol. The molecule has 2 aromatic heterocycles. The Morgan fingerprint density at radius 3 is 2.78 bits per heavy atom. The molecule has 0 radical (unpaired) electrons. The van der Waals surface area contributed by atoms with Crippen molar-refractivity contribution in [3.05, 3.63) is 29.5 Å². The lowest BCUT2D eigenvalue weighted by Crippen LogP contribution is -2.43. The van der Waals surface area contributed by atoms with Gasteiger partial charge in [0, 0.05) is 30.5 Å². The molecule has 0 fully saturated rings. The maximum Gasteiger partial charge on any atom is 0.414 e. The van der Waals surface area contributed by atoms with Gasteiger partial charge in [0.05, 0.1) is 5.69 Å². The van der Waals surface area contributed by atoms with Gasteiger partial charge in [0.2, 0.25) is 5.88 Å². The van der Waals surface area contributed by atoms with Crippen molar-refractivity contribution in [1.82, 2.24) is 20.3 Å². The second-order valence-electron chi connectivity index (χ2n) is 6.92. The summed E-state index contributed by atoms with van der Waals surface area (Å²) in [5, 5.41) is 2.66. The quantitative estimate of drug-likeness (QED) is 0.743. The van der Waals surface area contributed by atoms with Crippen molar-refractivity contribution in [3.63, 3.8) is 0 Å². The molecule has 0 aliphatic rings. The van der Waals surface area contributed by atoms with E-state index in [1.54, 1.807) is 18.3 Å². The average Bonchev–Trinajstić information content (AvgIpc) is 2.59. The Labute approximate surface area is 163 Å². The van der Waals surface area contributed by atoms with Gasteiger partial charge in [-0.1, -0.05) is 25.4 Å². The smallest absolute Gasteiger partial charge is 0.414 e. The summed E-state index contributed by atoms with van der Waals surface area (Å²) in [7, 11) is 1.45. The summed E-state index contributed by atoms with van der Waals surface area (Å²) in [5.41, 5.74) is 6.91. The van der Waals surface area contributed by atoms with E-state index in [0.717, 1.165) is 6.42 Å². The largest absolute Gasteiger partial charge is 0.475 e. The van der Waals surface area contributed by atoms with E-state index in [-0.39, 0.29) is 6.01 Å². The zero-order chi connectivity index (χ0) is 20.0. The standard InChI is InChI=1S/C18H24ClN5O3/c1-11(2)8-18(3,20)10-26-15-13(19)7-12(9-23-15)14-5-6-22-16(24-14)27-17(25)21-4/h5-7,9,11H,8,10,20H2,1-4H3,(H,21,25)/t18-/m1/s1. The van der Waals surface area contributed by atoms with E-state index >= 15 is 0 Å². The number of aromatic nitrogens is 3. The highest BCUT2D eigenvalue weighted by Gasteiger charge is 2.22. The number of nitrogens with one attached hydrogen (secondary N) is 1. The van der Waals surface area contributed by atoms with Crippen molar-refractivity contribution < 1.29 is 14.3 Å². The fraction of sp³-hybridized carbons (Fsp3) is 0.444. The van der Waals surface area contributed by atoms with Gasteiger partial charge in [-0.2, -0.15) is 4.98 Å². The summed E-state index contributed by atoms with van der Waals surface area (Å²) in [4.78, 5) is 23.6. The lowest BCUT2D eigenvalue weighted by atomic mass is 9.93. The molecule has 27 heavy (non-hydrogen) atoms. The number of amides is 1. The van der Waals surface area contributed by atoms with Crippen molar-refractivity contribution in [3.8, 4) is 23.1 Å². The number of carbonyl (C=O) groups is 1. The number of nitrogens with zero attached hydrogens (tertiary/aromatic N) is 3. The first-order chi connectivity index (χ1) is 12.7. The molecule has 0 aliphatic carbocycles. The maximum atomic E-state index is 11.3. The van der Waals surface area contributed by atoms with Crippen LogP contribution in [0.15, 0.2) is 24.5 Å². The third kappa shape index (κ3) is 6.33. The van der Waals surface area contributed by atoms with Crippen molar-refractivity contribution >= 4 is 17.7 Å². The van der Waals surface area contributed by atoms with Crippen molar-refractivity contribution in [1.29, 1.82) is 0 Å². The fourth-order valence-corrected chi connectivity index (χ4v) is 2.80. The minimum absolute atomic E-state index is 0.0733. The van der Waals surface area contributed by atoms with Crippen molar-refractivity contribution in [2.75, 3.05) is 13.7 Å². The zero-order valence-corrected chi connectivity index (χ0v) is 16.6. The van der Waals surface area contributed by atoms with Crippen LogP contribution in [0.2, 0.25) is 5.02 Å². The predicted molar refractivity (Wildman–Crippen MR) is 103 cm³/mol. The van der Waals surface area contributed by atoms with E-state index in [1.807, 2.05) is 6.92 Å². The van der Waals surface area contributed by atoms with Gasteiger partial charge in [0.25, 0.3) is 0 Å². The van der Waals surface area contributed by atoms with Crippen molar-refractivity contribution in [2.45, 2.75) is 32.7 Å². The number of rotatable bonds is 7. The molecule has 2 heterocycles. The van der Waals surface area contributed by atoms with Crippen LogP contribution < -0.4 is 20.5 Å². The molecule has 1 amide bonds. The summed E-state index contributed by atoms with van der Waals surface area (Å²) in [6.07, 6.45) is 3.21. The van der Waals surface area contributed by atoms with Gasteiger partial charge < -0.3 is 20.5 Å². The topological polar surface area (TPSA) is 112 Å². The van der Waals surface area contributed by atoms with E-state index in [2.05, 4.69) is 34.1 Å². The van der Waals surface area contributed by atoms with E-state index in [4.69, 9.17) is 26.8 Å². The molecule has 0 saturated heterocycles. The van der Waals surface area contributed by atoms with Crippen LogP contribution in [0.5, 0.6) is 11.9 Å². The Morgan fingerprint density at radius 1 is 1.41 bits per heavy atom. The molecule has 8 nitrogen and oxygen atoms in total. The highest BCUT2D eigenvalue weighted by molar-refractivity contribution is 6.32. The fourth-order valence-electron chi connectivity index (χ4n) is 2.58. The predicted octanol–water partition coefficient (Wildman–Crippen LogP) is 3.05. The van der Waals surface area contributed by atoms with Crippen LogP contribution >= 0.6 is 11.6 Å². The van der Waals surface area contributed by atoms with E-state index in [0.29, 0.717) is 34.7 Å². The molecule has 9 heteroatoms. The first-order valence-electron chi connectivity index (χ1n) is 8.50. The lowest BCUT2D eigenvalue weighted by molar-refractivity contribution is 0.199. The summed E-state index contributed by atoms with van der Waals surface area (Å²) < 4.78 is 10.6. The second-order valence-corrected chi connectivity index (χ2v) is 7.32. The SMILES string of the molecule is CNC(=O)Oc1nccc(-c2cnc(OC[C@](C)(N)CC(C)C)c(Cl)c2)n1. The van der Waals surface area contributed by atoms with Crippen LogP contribution in [0.4, 0.5) is 4.79 Å². The Kier molecular flexibility index (Phi) is 6.92. The van der Waals surface area contributed by atoms with Gasteiger partial charge in [-0.15, -0.1) is 0 Å². The zero-order valence-electron chi connectivity index (χ0n) is 15.8. The molecule has 1 atom stereocenters. The molecule has 2 rings (SSSR count). The Hall–Kier alpha value is -2.45. The van der Waals surface area contributed by atoms with E-state index < -0.39 is 11.6 Å². The van der Waals surface area contributed by atoms with Gasteiger partial charge in [0.15, 0.2) is 0 Å². The number of hydrogen-bond donors (Lipinski definition) is 2. The minimum Gasteiger partial charge on any atom is -0.475 e. The molecule has 2 aromatic rings. The molecule has 0 spiro atoms. The van der Waals surface area contributed by atoms with Crippen LogP contribution in [0.3, 0.4) is 0 Å². The molecule has 0 saturated carbocycles. The summed E-state index contributed by atoms with van der Waals surface area (Å²) in [6.45, 7) is 6.45. The highest BCUT2D eigenvalue weighted by Crippen LogP contribution is 2.28. The van der Waals surface area contributed by atoms with Gasteiger partial charge in [-0.25, -0.2) is 14.8 Å². The normalized spacial score (nSPS) is 13.1. The number of carbonyl (C=O) groups excluding carboxylic acids is 1. The number of ether oxygens (including phenoxy) is 2. The highest BCUT2D eigenvalue weighted by atomic mass is 35.5. The molecule has 0 aliphatic heterocycles.